The van der Waals surface area contributed by atoms with Crippen molar-refractivity contribution in [2.45, 2.75) is 38.5 Å². The molecule has 1 aromatic heterocycles. The third-order valence-corrected chi connectivity index (χ3v) is 6.64. The van der Waals surface area contributed by atoms with Crippen LogP contribution in [0.4, 0.5) is 5.69 Å². The molecule has 0 aliphatic carbocycles. The molecule has 3 rings (SSSR count). The van der Waals surface area contributed by atoms with Crippen molar-refractivity contribution in [1.82, 2.24) is 14.3 Å². The zero-order valence-electron chi connectivity index (χ0n) is 20.2. The largest absolute Gasteiger partial charge is 0.339 e. The third-order valence-electron chi connectivity index (χ3n) is 5.57. The van der Waals surface area contributed by atoms with Gasteiger partial charge in [-0.1, -0.05) is 44.2 Å². The van der Waals surface area contributed by atoms with Crippen LogP contribution < -0.4 is 10.9 Å². The molecule has 0 unspecified atom stereocenters. The van der Waals surface area contributed by atoms with E-state index in [1.165, 1.54) is 16.4 Å². The van der Waals surface area contributed by atoms with E-state index in [0.29, 0.717) is 24.3 Å². The molecule has 7 nitrogen and oxygen atoms in total. The number of thioether (sulfide) groups is 1. The molecular weight excluding hydrogens is 448 g/mol. The lowest BCUT2D eigenvalue weighted by Gasteiger charge is -2.22. The van der Waals surface area contributed by atoms with Gasteiger partial charge in [-0.15, -0.1) is 11.8 Å². The Balaban J connectivity index is 1.75. The van der Waals surface area contributed by atoms with Crippen LogP contribution in [0.1, 0.15) is 42.7 Å². The molecule has 3 aromatic rings. The second-order valence-corrected chi connectivity index (χ2v) is 9.08. The van der Waals surface area contributed by atoms with Gasteiger partial charge in [-0.2, -0.15) is 0 Å². The Morgan fingerprint density at radius 1 is 0.971 bits per heavy atom. The van der Waals surface area contributed by atoms with Gasteiger partial charge < -0.3 is 10.2 Å². The van der Waals surface area contributed by atoms with Crippen LogP contribution in [0.15, 0.2) is 64.3 Å². The van der Waals surface area contributed by atoms with Crippen molar-refractivity contribution < 1.29 is 9.59 Å². The quantitative estimate of drug-likeness (QED) is 0.434. The number of hydrogen-bond donors (Lipinski definition) is 1. The van der Waals surface area contributed by atoms with E-state index < -0.39 is 0 Å². The van der Waals surface area contributed by atoms with E-state index in [9.17, 15) is 14.4 Å². The molecule has 0 saturated carbocycles. The average Bonchev–Trinajstić information content (AvgIpc) is 3.05. The predicted molar refractivity (Wildman–Crippen MR) is 138 cm³/mol. The Morgan fingerprint density at radius 3 is 2.24 bits per heavy atom. The van der Waals surface area contributed by atoms with Crippen molar-refractivity contribution in [1.29, 1.82) is 0 Å². The number of carbonyl (C=O) groups excluding carboxylic acids is 2. The smallest absolute Gasteiger partial charge is 0.295 e. The first kappa shape index (κ1) is 25.4. The Labute approximate surface area is 204 Å². The molecule has 8 heteroatoms. The number of carbonyl (C=O) groups is 2. The summed E-state index contributed by atoms with van der Waals surface area (Å²) in [6.07, 6.45) is 1.78. The summed E-state index contributed by atoms with van der Waals surface area (Å²) < 4.78 is 3.26. The molecule has 0 radical (unpaired) electrons. The van der Waals surface area contributed by atoms with Crippen molar-refractivity contribution in [2.75, 3.05) is 24.2 Å². The topological polar surface area (TPSA) is 76.3 Å². The van der Waals surface area contributed by atoms with Gasteiger partial charge in [0.15, 0.2) is 0 Å². The van der Waals surface area contributed by atoms with Crippen LogP contribution in [0.2, 0.25) is 0 Å². The number of amides is 2. The number of aromatic nitrogens is 2. The summed E-state index contributed by atoms with van der Waals surface area (Å²) in [5, 5.41) is 2.78. The molecule has 180 valence electrons. The van der Waals surface area contributed by atoms with Crippen LogP contribution in [0.5, 0.6) is 0 Å². The minimum atomic E-state index is -0.294. The average molecular weight is 481 g/mol. The van der Waals surface area contributed by atoms with E-state index in [1.807, 2.05) is 53.4 Å². The summed E-state index contributed by atoms with van der Waals surface area (Å²) in [7, 11) is 1.79. The van der Waals surface area contributed by atoms with E-state index in [2.05, 4.69) is 19.2 Å². The van der Waals surface area contributed by atoms with Gasteiger partial charge in [-0.05, 0) is 44.0 Å². The monoisotopic (exact) mass is 480 g/mol. The van der Waals surface area contributed by atoms with Crippen LogP contribution in [0.3, 0.4) is 0 Å². The number of hydrogen-bond acceptors (Lipinski definition) is 4. The summed E-state index contributed by atoms with van der Waals surface area (Å²) in [4.78, 5) is 41.5. The summed E-state index contributed by atoms with van der Waals surface area (Å²) in [5.41, 5.74) is 1.97. The Hall–Kier alpha value is -3.26. The molecule has 2 amide bonds. The summed E-state index contributed by atoms with van der Waals surface area (Å²) in [5.74, 6) is -0.223. The molecule has 0 atom stereocenters. The van der Waals surface area contributed by atoms with Crippen LogP contribution in [0.25, 0.3) is 5.69 Å². The number of nitrogens with one attached hydrogen (secondary N) is 1. The van der Waals surface area contributed by atoms with E-state index in [1.54, 1.807) is 24.7 Å². The molecule has 2 aromatic carbocycles. The molecule has 0 saturated heterocycles. The van der Waals surface area contributed by atoms with Crippen molar-refractivity contribution in [3.63, 3.8) is 0 Å². The number of para-hydroxylation sites is 1. The van der Waals surface area contributed by atoms with Crippen LogP contribution in [0, 0.1) is 6.92 Å². The van der Waals surface area contributed by atoms with Gasteiger partial charge in [0.25, 0.3) is 11.5 Å². The molecule has 0 bridgehead atoms. The normalized spacial score (nSPS) is 10.8. The minimum Gasteiger partial charge on any atom is -0.339 e. The highest BCUT2D eigenvalue weighted by Gasteiger charge is 2.20. The Bertz CT molecular complexity index is 1190. The van der Waals surface area contributed by atoms with Crippen LogP contribution >= 0.6 is 11.8 Å². The first-order chi connectivity index (χ1) is 16.4. The van der Waals surface area contributed by atoms with Gasteiger partial charge in [-0.25, -0.2) is 4.68 Å². The summed E-state index contributed by atoms with van der Waals surface area (Å²) in [6.45, 7) is 7.31. The second-order valence-electron chi connectivity index (χ2n) is 8.06. The molecule has 0 aliphatic rings. The maximum atomic E-state index is 13.1. The number of benzene rings is 2. The second kappa shape index (κ2) is 11.7. The molecule has 1 heterocycles. The van der Waals surface area contributed by atoms with Crippen molar-refractivity contribution in [2.24, 2.45) is 7.05 Å². The lowest BCUT2D eigenvalue weighted by molar-refractivity contribution is -0.113. The molecule has 34 heavy (non-hydrogen) atoms. The fourth-order valence-electron chi connectivity index (χ4n) is 3.83. The fourth-order valence-corrected chi connectivity index (χ4v) is 4.67. The standard InChI is InChI=1S/C26H32N4O3S/c1-5-16-29(17-6-2)25(32)21-14-10-11-15-22(21)34-18-23(31)27-24-19(3)28(4)30(26(24)33)20-12-8-7-9-13-20/h7-15H,5-6,16-18H2,1-4H3,(H,27,31). The summed E-state index contributed by atoms with van der Waals surface area (Å²) in [6, 6.07) is 16.7. The maximum Gasteiger partial charge on any atom is 0.295 e. The maximum absolute atomic E-state index is 13.1. The predicted octanol–water partition coefficient (Wildman–Crippen LogP) is 4.48. The van der Waals surface area contributed by atoms with Crippen molar-refractivity contribution in [3.05, 3.63) is 76.2 Å². The zero-order chi connectivity index (χ0) is 24.7. The third kappa shape index (κ3) is 5.62. The van der Waals surface area contributed by atoms with E-state index >= 15 is 0 Å². The van der Waals surface area contributed by atoms with Gasteiger partial charge in [-0.3, -0.25) is 19.1 Å². The van der Waals surface area contributed by atoms with Crippen LogP contribution in [-0.2, 0) is 11.8 Å². The van der Waals surface area contributed by atoms with Crippen LogP contribution in [-0.4, -0.2) is 44.9 Å². The molecule has 0 aliphatic heterocycles. The zero-order valence-corrected chi connectivity index (χ0v) is 21.0. The molecular formula is C26H32N4O3S. The Kier molecular flexibility index (Phi) is 8.76. The van der Waals surface area contributed by atoms with Crippen molar-refractivity contribution >= 4 is 29.3 Å². The highest BCUT2D eigenvalue weighted by atomic mass is 32.2. The molecule has 0 spiro atoms. The number of nitrogens with zero attached hydrogens (tertiary/aromatic N) is 3. The van der Waals surface area contributed by atoms with Crippen molar-refractivity contribution in [3.8, 4) is 5.69 Å². The highest BCUT2D eigenvalue weighted by molar-refractivity contribution is 8.00. The van der Waals surface area contributed by atoms with Gasteiger partial charge >= 0.3 is 0 Å². The van der Waals surface area contributed by atoms with Gasteiger partial charge in [0.2, 0.25) is 5.91 Å². The van der Waals surface area contributed by atoms with E-state index in [0.717, 1.165) is 23.4 Å². The number of anilines is 1. The minimum absolute atomic E-state index is 0.0168. The molecule has 0 fully saturated rings. The Morgan fingerprint density at radius 2 is 1.59 bits per heavy atom. The van der Waals surface area contributed by atoms with Gasteiger partial charge in [0.05, 0.1) is 22.7 Å². The first-order valence-electron chi connectivity index (χ1n) is 11.5. The lowest BCUT2D eigenvalue weighted by Crippen LogP contribution is -2.32. The van der Waals surface area contributed by atoms with Gasteiger partial charge in [0.1, 0.15) is 5.69 Å². The van der Waals surface area contributed by atoms with Gasteiger partial charge in [0, 0.05) is 25.0 Å². The first-order valence-corrected chi connectivity index (χ1v) is 12.5. The SMILES string of the molecule is CCCN(CCC)C(=O)c1ccccc1SCC(=O)Nc1c(C)n(C)n(-c2ccccc2)c1=O. The summed E-state index contributed by atoms with van der Waals surface area (Å²) >= 11 is 1.30. The number of rotatable bonds is 10. The van der Waals surface area contributed by atoms with E-state index in [-0.39, 0.29) is 28.8 Å². The fraction of sp³-hybridized carbons (Fsp3) is 0.346. The lowest BCUT2D eigenvalue weighted by atomic mass is 10.2. The van der Waals surface area contributed by atoms with E-state index in [4.69, 9.17) is 0 Å². The molecule has 1 N–H and O–H groups in total. The highest BCUT2D eigenvalue weighted by Crippen LogP contribution is 2.25.